The van der Waals surface area contributed by atoms with E-state index in [1.165, 1.54) is 58.5 Å². The number of hydrogen-bond acceptors (Lipinski definition) is 2. The summed E-state index contributed by atoms with van der Waals surface area (Å²) in [7, 11) is 0. The minimum Gasteiger partial charge on any atom is -0.301 e. The fourth-order valence-corrected chi connectivity index (χ4v) is 3.68. The van der Waals surface area contributed by atoms with Crippen LogP contribution in [0.1, 0.15) is 47.0 Å². The van der Waals surface area contributed by atoms with Gasteiger partial charge in [0.2, 0.25) is 0 Å². The van der Waals surface area contributed by atoms with Crippen LogP contribution < -0.4 is 0 Å². The fraction of sp³-hybridized carbons (Fsp3) is 1.00. The molecule has 0 aromatic rings. The largest absolute Gasteiger partial charge is 0.301 e. The van der Waals surface area contributed by atoms with E-state index in [0.29, 0.717) is 5.41 Å². The Bertz CT molecular complexity index is 248. The van der Waals surface area contributed by atoms with Crippen molar-refractivity contribution < 1.29 is 0 Å². The maximum atomic E-state index is 2.71. The van der Waals surface area contributed by atoms with Crippen molar-refractivity contribution in [2.24, 2.45) is 17.3 Å². The third kappa shape index (κ3) is 3.71. The highest BCUT2D eigenvalue weighted by atomic mass is 15.3. The number of rotatable bonds is 3. The molecule has 1 saturated carbocycles. The Morgan fingerprint density at radius 2 is 1.56 bits per heavy atom. The highest BCUT2D eigenvalue weighted by molar-refractivity contribution is 4.85. The van der Waals surface area contributed by atoms with Crippen molar-refractivity contribution in [2.75, 3.05) is 39.3 Å². The maximum Gasteiger partial charge on any atom is 0.0110 e. The van der Waals surface area contributed by atoms with Gasteiger partial charge < -0.3 is 9.80 Å². The Balaban J connectivity index is 1.72. The molecule has 0 spiro atoms. The Hall–Kier alpha value is -0.0800. The van der Waals surface area contributed by atoms with E-state index in [4.69, 9.17) is 0 Å². The summed E-state index contributed by atoms with van der Waals surface area (Å²) in [5.41, 5.74) is 0.523. The second-order valence-electron chi connectivity index (χ2n) is 7.48. The number of likely N-dealkylation sites (N-methyl/N-ethyl adjacent to an activating group) is 1. The molecule has 0 aromatic heterocycles. The average molecular weight is 252 g/mol. The van der Waals surface area contributed by atoms with Crippen LogP contribution in [-0.2, 0) is 0 Å². The van der Waals surface area contributed by atoms with Gasteiger partial charge in [-0.1, -0.05) is 27.7 Å². The van der Waals surface area contributed by atoms with E-state index < -0.39 is 0 Å². The first-order chi connectivity index (χ1) is 8.49. The van der Waals surface area contributed by atoms with E-state index in [-0.39, 0.29) is 0 Å². The van der Waals surface area contributed by atoms with E-state index in [9.17, 15) is 0 Å². The Morgan fingerprint density at radius 1 is 0.944 bits per heavy atom. The molecule has 0 amide bonds. The molecular weight excluding hydrogens is 220 g/mol. The van der Waals surface area contributed by atoms with Crippen molar-refractivity contribution in [2.45, 2.75) is 47.0 Å². The molecule has 0 N–H and O–H groups in total. The fourth-order valence-electron chi connectivity index (χ4n) is 3.68. The molecule has 1 saturated heterocycles. The predicted octanol–water partition coefficient (Wildman–Crippen LogP) is 3.09. The first-order valence-electron chi connectivity index (χ1n) is 7.93. The van der Waals surface area contributed by atoms with E-state index in [2.05, 4.69) is 37.5 Å². The van der Waals surface area contributed by atoms with Crippen molar-refractivity contribution in [1.82, 2.24) is 9.80 Å². The van der Waals surface area contributed by atoms with E-state index >= 15 is 0 Å². The van der Waals surface area contributed by atoms with Crippen molar-refractivity contribution in [3.8, 4) is 0 Å². The zero-order valence-corrected chi connectivity index (χ0v) is 12.9. The zero-order valence-electron chi connectivity index (χ0n) is 12.9. The van der Waals surface area contributed by atoms with E-state index in [1.807, 2.05) is 0 Å². The monoisotopic (exact) mass is 252 g/mol. The molecule has 2 nitrogen and oxygen atoms in total. The zero-order chi connectivity index (χ0) is 13.2. The average Bonchev–Trinajstić information content (AvgIpc) is 2.78. The van der Waals surface area contributed by atoms with Crippen LogP contribution in [0.25, 0.3) is 0 Å². The standard InChI is InChI=1S/C16H32N2/c1-5-17-8-10-18(11-9-17)13-14-6-7-15(12-14)16(2,3)4/h14-15H,5-13H2,1-4H3. The van der Waals surface area contributed by atoms with Gasteiger partial charge in [0.05, 0.1) is 0 Å². The molecule has 2 unspecified atom stereocenters. The smallest absolute Gasteiger partial charge is 0.0110 e. The molecule has 1 aliphatic carbocycles. The van der Waals surface area contributed by atoms with Crippen LogP contribution in [-0.4, -0.2) is 49.1 Å². The summed E-state index contributed by atoms with van der Waals surface area (Å²) in [6.07, 6.45) is 4.40. The van der Waals surface area contributed by atoms with Crippen molar-refractivity contribution in [3.63, 3.8) is 0 Å². The van der Waals surface area contributed by atoms with Crippen molar-refractivity contribution in [3.05, 3.63) is 0 Å². The minimum atomic E-state index is 0.523. The van der Waals surface area contributed by atoms with Gasteiger partial charge in [-0.3, -0.25) is 0 Å². The molecule has 0 radical (unpaired) electrons. The van der Waals surface area contributed by atoms with Gasteiger partial charge >= 0.3 is 0 Å². The Morgan fingerprint density at radius 3 is 2.06 bits per heavy atom. The molecule has 2 rings (SSSR count). The van der Waals surface area contributed by atoms with Crippen LogP contribution in [0.4, 0.5) is 0 Å². The van der Waals surface area contributed by atoms with Crippen LogP contribution in [0.15, 0.2) is 0 Å². The topological polar surface area (TPSA) is 6.48 Å². The summed E-state index contributed by atoms with van der Waals surface area (Å²) in [5, 5.41) is 0. The molecule has 0 bridgehead atoms. The molecular formula is C16H32N2. The second kappa shape index (κ2) is 5.92. The summed E-state index contributed by atoms with van der Waals surface area (Å²) in [5.74, 6) is 1.93. The molecule has 2 atom stereocenters. The van der Waals surface area contributed by atoms with Crippen LogP contribution in [0.3, 0.4) is 0 Å². The number of nitrogens with zero attached hydrogens (tertiary/aromatic N) is 2. The summed E-state index contributed by atoms with van der Waals surface area (Å²) < 4.78 is 0. The lowest BCUT2D eigenvalue weighted by molar-refractivity contribution is 0.119. The van der Waals surface area contributed by atoms with Gasteiger partial charge in [0.1, 0.15) is 0 Å². The van der Waals surface area contributed by atoms with Gasteiger partial charge in [-0.2, -0.15) is 0 Å². The van der Waals surface area contributed by atoms with Crippen LogP contribution in [0, 0.1) is 17.3 Å². The molecule has 1 heterocycles. The third-order valence-electron chi connectivity index (χ3n) is 5.19. The predicted molar refractivity (Wildman–Crippen MR) is 78.8 cm³/mol. The SMILES string of the molecule is CCN1CCN(CC2CCC(C(C)(C)C)C2)CC1. The Kier molecular flexibility index (Phi) is 4.71. The maximum absolute atomic E-state index is 2.71. The summed E-state index contributed by atoms with van der Waals surface area (Å²) in [4.78, 5) is 5.28. The van der Waals surface area contributed by atoms with E-state index in [0.717, 1.165) is 11.8 Å². The molecule has 2 fully saturated rings. The first-order valence-corrected chi connectivity index (χ1v) is 7.93. The normalized spacial score (nSPS) is 32.0. The summed E-state index contributed by atoms with van der Waals surface area (Å²) in [6.45, 7) is 17.3. The third-order valence-corrected chi connectivity index (χ3v) is 5.19. The quantitative estimate of drug-likeness (QED) is 0.761. The van der Waals surface area contributed by atoms with Crippen LogP contribution in [0.2, 0.25) is 0 Å². The van der Waals surface area contributed by atoms with Gasteiger partial charge in [0, 0.05) is 32.7 Å². The lowest BCUT2D eigenvalue weighted by Crippen LogP contribution is -2.47. The van der Waals surface area contributed by atoms with E-state index in [1.54, 1.807) is 0 Å². The van der Waals surface area contributed by atoms with Crippen LogP contribution >= 0.6 is 0 Å². The number of piperazine rings is 1. The molecule has 2 aliphatic rings. The van der Waals surface area contributed by atoms with Gasteiger partial charge in [-0.25, -0.2) is 0 Å². The molecule has 1 aliphatic heterocycles. The van der Waals surface area contributed by atoms with Gasteiger partial charge in [0.15, 0.2) is 0 Å². The molecule has 106 valence electrons. The lowest BCUT2D eigenvalue weighted by Gasteiger charge is -2.35. The molecule has 18 heavy (non-hydrogen) atoms. The summed E-state index contributed by atoms with van der Waals surface area (Å²) >= 11 is 0. The molecule has 0 aromatic carbocycles. The van der Waals surface area contributed by atoms with Gasteiger partial charge in [-0.05, 0) is 43.1 Å². The number of hydrogen-bond donors (Lipinski definition) is 0. The van der Waals surface area contributed by atoms with Gasteiger partial charge in [-0.15, -0.1) is 0 Å². The van der Waals surface area contributed by atoms with Crippen molar-refractivity contribution in [1.29, 1.82) is 0 Å². The highest BCUT2D eigenvalue weighted by Gasteiger charge is 2.33. The lowest BCUT2D eigenvalue weighted by atomic mass is 9.79. The molecule has 2 heteroatoms. The first kappa shape index (κ1) is 14.3. The van der Waals surface area contributed by atoms with Crippen molar-refractivity contribution >= 4 is 0 Å². The summed E-state index contributed by atoms with van der Waals surface area (Å²) in [6, 6.07) is 0. The Labute approximate surface area is 114 Å². The van der Waals surface area contributed by atoms with Gasteiger partial charge in [0.25, 0.3) is 0 Å². The highest BCUT2D eigenvalue weighted by Crippen LogP contribution is 2.42. The van der Waals surface area contributed by atoms with Crippen LogP contribution in [0.5, 0.6) is 0 Å². The minimum absolute atomic E-state index is 0.523. The second-order valence-corrected chi connectivity index (χ2v) is 7.48.